The highest BCUT2D eigenvalue weighted by molar-refractivity contribution is 9.10. The average Bonchev–Trinajstić information content (AvgIpc) is 2.97. The number of hydrogen-bond acceptors (Lipinski definition) is 4. The van der Waals surface area contributed by atoms with Gasteiger partial charge in [-0.1, -0.05) is 28.1 Å². The number of piperazine rings is 1. The number of aromatic hydroxyl groups is 1. The minimum Gasteiger partial charge on any atom is -0.508 e. The molecule has 1 aromatic carbocycles. The summed E-state index contributed by atoms with van der Waals surface area (Å²) in [6.45, 7) is 3.99. The van der Waals surface area contributed by atoms with Crippen molar-refractivity contribution in [1.82, 2.24) is 10.2 Å². The van der Waals surface area contributed by atoms with Gasteiger partial charge in [0.05, 0.1) is 6.04 Å². The van der Waals surface area contributed by atoms with Crippen LogP contribution in [0.5, 0.6) is 5.75 Å². The molecule has 0 spiro atoms. The Balaban J connectivity index is 0.00000121. The molecule has 22 heavy (non-hydrogen) atoms. The van der Waals surface area contributed by atoms with Crippen LogP contribution in [0, 0.1) is 0 Å². The van der Waals surface area contributed by atoms with Gasteiger partial charge in [0.15, 0.2) is 0 Å². The van der Waals surface area contributed by atoms with Crippen molar-refractivity contribution in [1.29, 1.82) is 0 Å². The van der Waals surface area contributed by atoms with Crippen LogP contribution >= 0.6 is 52.1 Å². The Morgan fingerprint density at radius 3 is 2.50 bits per heavy atom. The molecular formula is C15H19BrCl2N2OS. The molecule has 1 aliphatic heterocycles. The van der Waals surface area contributed by atoms with Gasteiger partial charge in [0, 0.05) is 41.1 Å². The molecule has 3 nitrogen and oxygen atoms in total. The standard InChI is InChI=1S/C15H17BrN2OS.2ClH/c16-11-3-4-12(13(19)10-11)15(14-2-1-9-20-14)18-7-5-17-6-8-18;;/h1-4,9-10,15,17,19H,5-8H2;2*1H/t15-;;/m1../s1. The largest absolute Gasteiger partial charge is 0.508 e. The van der Waals surface area contributed by atoms with Gasteiger partial charge < -0.3 is 10.4 Å². The van der Waals surface area contributed by atoms with Crippen molar-refractivity contribution in [2.24, 2.45) is 0 Å². The molecular weight excluding hydrogens is 407 g/mol. The highest BCUT2D eigenvalue weighted by atomic mass is 79.9. The Labute approximate surface area is 155 Å². The molecule has 1 saturated heterocycles. The van der Waals surface area contributed by atoms with Crippen LogP contribution in [0.15, 0.2) is 40.2 Å². The predicted octanol–water partition coefficient (Wildman–Crippen LogP) is 4.05. The summed E-state index contributed by atoms with van der Waals surface area (Å²) in [4.78, 5) is 3.72. The van der Waals surface area contributed by atoms with E-state index in [0.717, 1.165) is 36.2 Å². The molecule has 2 aromatic rings. The molecule has 1 atom stereocenters. The quantitative estimate of drug-likeness (QED) is 0.778. The lowest BCUT2D eigenvalue weighted by Gasteiger charge is -2.35. The summed E-state index contributed by atoms with van der Waals surface area (Å²) >= 11 is 5.16. The van der Waals surface area contributed by atoms with Gasteiger partial charge in [0.1, 0.15) is 5.75 Å². The second-order valence-corrected chi connectivity index (χ2v) is 6.80. The number of phenols is 1. The molecule has 0 bridgehead atoms. The van der Waals surface area contributed by atoms with E-state index < -0.39 is 0 Å². The summed E-state index contributed by atoms with van der Waals surface area (Å²) in [6, 6.07) is 10.2. The summed E-state index contributed by atoms with van der Waals surface area (Å²) in [5.74, 6) is 0.358. The Morgan fingerprint density at radius 2 is 1.91 bits per heavy atom. The third kappa shape index (κ3) is 4.37. The molecule has 1 aromatic heterocycles. The van der Waals surface area contributed by atoms with E-state index in [2.05, 4.69) is 43.7 Å². The van der Waals surface area contributed by atoms with Gasteiger partial charge in [0.25, 0.3) is 0 Å². The van der Waals surface area contributed by atoms with Gasteiger partial charge >= 0.3 is 0 Å². The first kappa shape index (κ1) is 19.7. The van der Waals surface area contributed by atoms with Gasteiger partial charge in [-0.2, -0.15) is 0 Å². The van der Waals surface area contributed by atoms with Crippen LogP contribution in [0.3, 0.4) is 0 Å². The molecule has 1 fully saturated rings. The third-order valence-corrected chi connectivity index (χ3v) is 5.03. The van der Waals surface area contributed by atoms with Crippen LogP contribution in [-0.4, -0.2) is 36.2 Å². The zero-order valence-corrected chi connectivity index (χ0v) is 15.9. The summed E-state index contributed by atoms with van der Waals surface area (Å²) in [5, 5.41) is 15.8. The topological polar surface area (TPSA) is 35.5 Å². The van der Waals surface area contributed by atoms with E-state index in [-0.39, 0.29) is 30.9 Å². The van der Waals surface area contributed by atoms with Crippen LogP contribution in [0.25, 0.3) is 0 Å². The molecule has 0 saturated carbocycles. The fraction of sp³-hybridized carbons (Fsp3) is 0.333. The number of rotatable bonds is 3. The molecule has 2 heterocycles. The van der Waals surface area contributed by atoms with Crippen molar-refractivity contribution in [3.8, 4) is 5.75 Å². The molecule has 0 amide bonds. The summed E-state index contributed by atoms with van der Waals surface area (Å²) in [5.41, 5.74) is 0.984. The van der Waals surface area contributed by atoms with E-state index in [4.69, 9.17) is 0 Å². The highest BCUT2D eigenvalue weighted by Crippen LogP contribution is 2.37. The van der Waals surface area contributed by atoms with Crippen molar-refractivity contribution in [2.75, 3.05) is 26.2 Å². The first-order valence-corrected chi connectivity index (χ1v) is 8.39. The number of phenolic OH excluding ortho intramolecular Hbond substituents is 1. The molecule has 0 unspecified atom stereocenters. The van der Waals surface area contributed by atoms with Crippen LogP contribution in [-0.2, 0) is 0 Å². The molecule has 0 aliphatic carbocycles. The number of nitrogens with zero attached hydrogens (tertiary/aromatic N) is 1. The number of thiophene rings is 1. The Morgan fingerprint density at radius 1 is 1.18 bits per heavy atom. The Kier molecular flexibility index (Phi) is 8.17. The molecule has 7 heteroatoms. The monoisotopic (exact) mass is 424 g/mol. The first-order chi connectivity index (χ1) is 9.75. The number of halogens is 3. The van der Waals surface area contributed by atoms with Gasteiger partial charge in [-0.3, -0.25) is 4.90 Å². The maximum Gasteiger partial charge on any atom is 0.121 e. The zero-order chi connectivity index (χ0) is 13.9. The number of nitrogens with one attached hydrogen (secondary N) is 1. The lowest BCUT2D eigenvalue weighted by atomic mass is 10.0. The van der Waals surface area contributed by atoms with Crippen molar-refractivity contribution < 1.29 is 5.11 Å². The molecule has 3 rings (SSSR count). The van der Waals surface area contributed by atoms with E-state index in [1.54, 1.807) is 17.4 Å². The maximum atomic E-state index is 10.3. The maximum absolute atomic E-state index is 10.3. The normalized spacial score (nSPS) is 16.4. The van der Waals surface area contributed by atoms with Crippen molar-refractivity contribution in [2.45, 2.75) is 6.04 Å². The lowest BCUT2D eigenvalue weighted by molar-refractivity contribution is 0.198. The summed E-state index contributed by atoms with van der Waals surface area (Å²) in [6.07, 6.45) is 0. The Bertz CT molecular complexity index is 577. The van der Waals surface area contributed by atoms with E-state index in [1.807, 2.05) is 12.1 Å². The lowest BCUT2D eigenvalue weighted by Crippen LogP contribution is -2.45. The zero-order valence-electron chi connectivity index (χ0n) is 11.9. The van der Waals surface area contributed by atoms with Crippen molar-refractivity contribution >= 4 is 52.1 Å². The highest BCUT2D eigenvalue weighted by Gasteiger charge is 2.26. The van der Waals surface area contributed by atoms with E-state index in [1.165, 1.54) is 4.88 Å². The second-order valence-electron chi connectivity index (χ2n) is 4.91. The minimum absolute atomic E-state index is 0. The Hall–Kier alpha value is -0.300. The number of benzene rings is 1. The molecule has 0 radical (unpaired) electrons. The van der Waals surface area contributed by atoms with Crippen LogP contribution in [0.4, 0.5) is 0 Å². The fourth-order valence-corrected chi connectivity index (χ4v) is 3.89. The average molecular weight is 426 g/mol. The third-order valence-electron chi connectivity index (χ3n) is 3.62. The van der Waals surface area contributed by atoms with Crippen molar-refractivity contribution in [3.05, 3.63) is 50.6 Å². The van der Waals surface area contributed by atoms with Gasteiger partial charge in [-0.15, -0.1) is 36.2 Å². The van der Waals surface area contributed by atoms with Gasteiger partial charge in [-0.25, -0.2) is 0 Å². The van der Waals surface area contributed by atoms with Crippen LogP contribution < -0.4 is 5.32 Å². The van der Waals surface area contributed by atoms with Gasteiger partial charge in [-0.05, 0) is 23.6 Å². The second kappa shape index (κ2) is 9.11. The molecule has 1 aliphatic rings. The van der Waals surface area contributed by atoms with Crippen LogP contribution in [0.2, 0.25) is 0 Å². The smallest absolute Gasteiger partial charge is 0.121 e. The fourth-order valence-electron chi connectivity index (χ4n) is 2.67. The van der Waals surface area contributed by atoms with Gasteiger partial charge in [0.2, 0.25) is 0 Å². The first-order valence-electron chi connectivity index (χ1n) is 6.72. The van der Waals surface area contributed by atoms with E-state index in [9.17, 15) is 5.11 Å². The summed E-state index contributed by atoms with van der Waals surface area (Å²) in [7, 11) is 0. The minimum atomic E-state index is 0. The van der Waals surface area contributed by atoms with Crippen molar-refractivity contribution in [3.63, 3.8) is 0 Å². The van der Waals surface area contributed by atoms with E-state index in [0.29, 0.717) is 5.75 Å². The molecule has 2 N–H and O–H groups in total. The van der Waals surface area contributed by atoms with E-state index >= 15 is 0 Å². The predicted molar refractivity (Wildman–Crippen MR) is 101 cm³/mol. The SMILES string of the molecule is Cl.Cl.Oc1cc(Br)ccc1[C@H](c1cccs1)N1CCNCC1. The van der Waals surface area contributed by atoms with Crippen LogP contribution in [0.1, 0.15) is 16.5 Å². The number of hydrogen-bond donors (Lipinski definition) is 2. The summed E-state index contributed by atoms with van der Waals surface area (Å²) < 4.78 is 0.906. The molecule has 122 valence electrons.